The van der Waals surface area contributed by atoms with Crippen LogP contribution in [0.15, 0.2) is 29.6 Å². The summed E-state index contributed by atoms with van der Waals surface area (Å²) in [5, 5.41) is 15.3. The molecule has 21 heavy (non-hydrogen) atoms. The summed E-state index contributed by atoms with van der Waals surface area (Å²) >= 11 is 0.946. The van der Waals surface area contributed by atoms with E-state index in [1.807, 2.05) is 0 Å². The van der Waals surface area contributed by atoms with Gasteiger partial charge < -0.3 is 15.7 Å². The van der Waals surface area contributed by atoms with Crippen LogP contribution in [0.2, 0.25) is 0 Å². The molecular weight excluding hydrogens is 294 g/mol. The molecule has 3 N–H and O–H groups in total. The Bertz CT molecular complexity index is 711. The molecule has 2 amide bonds. The predicted octanol–water partition coefficient (Wildman–Crippen LogP) is 2.05. The van der Waals surface area contributed by atoms with E-state index in [9.17, 15) is 14.4 Å². The molecule has 0 aliphatic rings. The maximum Gasteiger partial charge on any atom is 0.355 e. The molecule has 0 fully saturated rings. The van der Waals surface area contributed by atoms with Gasteiger partial charge in [-0.1, -0.05) is 6.07 Å². The van der Waals surface area contributed by atoms with E-state index in [0.717, 1.165) is 11.3 Å². The molecule has 0 saturated heterocycles. The minimum atomic E-state index is -1.18. The van der Waals surface area contributed by atoms with Gasteiger partial charge in [0.1, 0.15) is 0 Å². The van der Waals surface area contributed by atoms with Gasteiger partial charge in [0.25, 0.3) is 5.91 Å². The van der Waals surface area contributed by atoms with Crippen LogP contribution in [0.5, 0.6) is 0 Å². The quantitative estimate of drug-likeness (QED) is 0.801. The zero-order valence-electron chi connectivity index (χ0n) is 10.9. The SMILES string of the molecule is CC(=O)Nc1cccc(NC(=O)c2nc(C(=O)O)cs2)c1. The second kappa shape index (κ2) is 6.14. The topological polar surface area (TPSA) is 108 Å². The molecule has 8 heteroatoms. The second-order valence-electron chi connectivity index (χ2n) is 4.06. The van der Waals surface area contributed by atoms with Crippen molar-refractivity contribution < 1.29 is 19.5 Å². The zero-order chi connectivity index (χ0) is 15.4. The summed E-state index contributed by atoms with van der Waals surface area (Å²) in [6.07, 6.45) is 0. The van der Waals surface area contributed by atoms with Crippen molar-refractivity contribution in [1.82, 2.24) is 4.98 Å². The first kappa shape index (κ1) is 14.7. The molecular formula is C13H11N3O4S. The number of aromatic nitrogens is 1. The Balaban J connectivity index is 2.11. The molecule has 0 bridgehead atoms. The molecule has 0 saturated carbocycles. The third-order valence-electron chi connectivity index (χ3n) is 2.36. The molecule has 0 atom stereocenters. The number of aromatic carboxylic acids is 1. The first-order valence-electron chi connectivity index (χ1n) is 5.83. The Morgan fingerprint density at radius 3 is 2.43 bits per heavy atom. The van der Waals surface area contributed by atoms with Crippen LogP contribution in [0.3, 0.4) is 0 Å². The number of carbonyl (C=O) groups is 3. The average molecular weight is 305 g/mol. The van der Waals surface area contributed by atoms with Crippen molar-refractivity contribution in [2.45, 2.75) is 6.92 Å². The lowest BCUT2D eigenvalue weighted by atomic mass is 10.2. The number of hydrogen-bond acceptors (Lipinski definition) is 5. The molecule has 0 spiro atoms. The van der Waals surface area contributed by atoms with Crippen LogP contribution in [-0.4, -0.2) is 27.9 Å². The first-order valence-corrected chi connectivity index (χ1v) is 6.71. The largest absolute Gasteiger partial charge is 0.476 e. The molecule has 0 aliphatic heterocycles. The van der Waals surface area contributed by atoms with E-state index >= 15 is 0 Å². The van der Waals surface area contributed by atoms with Crippen LogP contribution in [0.4, 0.5) is 11.4 Å². The van der Waals surface area contributed by atoms with E-state index in [1.54, 1.807) is 24.3 Å². The van der Waals surface area contributed by atoms with Crippen molar-refractivity contribution in [3.8, 4) is 0 Å². The molecule has 0 radical (unpaired) electrons. The second-order valence-corrected chi connectivity index (χ2v) is 4.92. The molecule has 0 unspecified atom stereocenters. The van der Waals surface area contributed by atoms with E-state index in [-0.39, 0.29) is 16.6 Å². The minimum Gasteiger partial charge on any atom is -0.476 e. The Morgan fingerprint density at radius 1 is 1.19 bits per heavy atom. The smallest absolute Gasteiger partial charge is 0.355 e. The predicted molar refractivity (Wildman–Crippen MR) is 77.8 cm³/mol. The summed E-state index contributed by atoms with van der Waals surface area (Å²) in [6, 6.07) is 6.59. The summed E-state index contributed by atoms with van der Waals surface area (Å²) in [4.78, 5) is 37.3. The molecule has 2 aromatic rings. The van der Waals surface area contributed by atoms with Gasteiger partial charge in [0.15, 0.2) is 10.7 Å². The number of carboxylic acids is 1. The van der Waals surface area contributed by atoms with Crippen LogP contribution < -0.4 is 10.6 Å². The van der Waals surface area contributed by atoms with Crippen LogP contribution in [0, 0.1) is 0 Å². The fourth-order valence-electron chi connectivity index (χ4n) is 1.54. The Morgan fingerprint density at radius 2 is 1.86 bits per heavy atom. The average Bonchev–Trinajstić information content (AvgIpc) is 2.88. The molecule has 2 rings (SSSR count). The zero-order valence-corrected chi connectivity index (χ0v) is 11.7. The van der Waals surface area contributed by atoms with E-state index < -0.39 is 11.9 Å². The van der Waals surface area contributed by atoms with Crippen molar-refractivity contribution in [3.63, 3.8) is 0 Å². The molecule has 1 aromatic carbocycles. The maximum atomic E-state index is 11.9. The van der Waals surface area contributed by atoms with Gasteiger partial charge in [-0.25, -0.2) is 9.78 Å². The summed E-state index contributed by atoms with van der Waals surface area (Å²) in [5.41, 5.74) is 0.848. The van der Waals surface area contributed by atoms with Crippen LogP contribution >= 0.6 is 11.3 Å². The highest BCUT2D eigenvalue weighted by Crippen LogP contribution is 2.17. The highest BCUT2D eigenvalue weighted by Gasteiger charge is 2.14. The van der Waals surface area contributed by atoms with E-state index in [2.05, 4.69) is 15.6 Å². The van der Waals surface area contributed by atoms with E-state index in [1.165, 1.54) is 12.3 Å². The summed E-state index contributed by atoms with van der Waals surface area (Å²) in [7, 11) is 0. The van der Waals surface area contributed by atoms with Gasteiger partial charge in [0.2, 0.25) is 5.91 Å². The van der Waals surface area contributed by atoms with Crippen molar-refractivity contribution >= 4 is 40.5 Å². The number of rotatable bonds is 4. The summed E-state index contributed by atoms with van der Waals surface area (Å²) in [6.45, 7) is 1.38. The molecule has 1 heterocycles. The Labute approximate surface area is 123 Å². The lowest BCUT2D eigenvalue weighted by Crippen LogP contribution is -2.13. The number of carboxylic acid groups (broad SMARTS) is 1. The summed E-state index contributed by atoms with van der Waals surface area (Å²) in [5.74, 6) is -1.91. The molecule has 0 aliphatic carbocycles. The standard InChI is InChI=1S/C13H11N3O4S/c1-7(17)14-8-3-2-4-9(5-8)15-11(18)12-16-10(6-21-12)13(19)20/h2-6H,1H3,(H,14,17)(H,15,18)(H,19,20). The fourth-order valence-corrected chi connectivity index (χ4v) is 2.22. The number of thiazole rings is 1. The van der Waals surface area contributed by atoms with Crippen molar-refractivity contribution in [1.29, 1.82) is 0 Å². The maximum absolute atomic E-state index is 11.9. The van der Waals surface area contributed by atoms with Crippen LogP contribution in [0.1, 0.15) is 27.2 Å². The number of hydrogen-bond donors (Lipinski definition) is 3. The number of amides is 2. The van der Waals surface area contributed by atoms with Gasteiger partial charge in [-0.15, -0.1) is 11.3 Å². The van der Waals surface area contributed by atoms with Gasteiger partial charge >= 0.3 is 5.97 Å². The fraction of sp³-hybridized carbons (Fsp3) is 0.0769. The van der Waals surface area contributed by atoms with Gasteiger partial charge in [0.05, 0.1) is 0 Å². The number of carbonyl (C=O) groups excluding carboxylic acids is 2. The third-order valence-corrected chi connectivity index (χ3v) is 3.20. The van der Waals surface area contributed by atoms with Crippen molar-refractivity contribution in [3.05, 3.63) is 40.3 Å². The lowest BCUT2D eigenvalue weighted by Gasteiger charge is -2.06. The number of anilines is 2. The van der Waals surface area contributed by atoms with Crippen molar-refractivity contribution in [2.75, 3.05) is 10.6 Å². The van der Waals surface area contributed by atoms with Gasteiger partial charge in [0, 0.05) is 23.7 Å². The molecule has 1 aromatic heterocycles. The molecule has 108 valence electrons. The highest BCUT2D eigenvalue weighted by molar-refractivity contribution is 7.12. The van der Waals surface area contributed by atoms with Crippen LogP contribution in [-0.2, 0) is 4.79 Å². The monoisotopic (exact) mass is 305 g/mol. The number of benzene rings is 1. The lowest BCUT2D eigenvalue weighted by molar-refractivity contribution is -0.114. The third kappa shape index (κ3) is 3.86. The van der Waals surface area contributed by atoms with E-state index in [4.69, 9.17) is 5.11 Å². The highest BCUT2D eigenvalue weighted by atomic mass is 32.1. The first-order chi connectivity index (χ1) is 9.95. The molecule has 7 nitrogen and oxygen atoms in total. The number of nitrogens with zero attached hydrogens (tertiary/aromatic N) is 1. The Hall–Kier alpha value is -2.74. The minimum absolute atomic E-state index is 0.0531. The van der Waals surface area contributed by atoms with E-state index in [0.29, 0.717) is 11.4 Å². The normalized spacial score (nSPS) is 9.95. The summed E-state index contributed by atoms with van der Waals surface area (Å²) < 4.78 is 0. The van der Waals surface area contributed by atoms with Crippen molar-refractivity contribution in [2.24, 2.45) is 0 Å². The van der Waals surface area contributed by atoms with Gasteiger partial charge in [-0.3, -0.25) is 9.59 Å². The Kier molecular flexibility index (Phi) is 4.29. The van der Waals surface area contributed by atoms with Gasteiger partial charge in [-0.05, 0) is 18.2 Å². The van der Waals surface area contributed by atoms with Gasteiger partial charge in [-0.2, -0.15) is 0 Å². The number of nitrogens with one attached hydrogen (secondary N) is 2. The van der Waals surface area contributed by atoms with Crippen LogP contribution in [0.25, 0.3) is 0 Å².